The highest BCUT2D eigenvalue weighted by molar-refractivity contribution is 6.42. The molecule has 9 heavy (non-hydrogen) atoms. The van der Waals surface area contributed by atoms with Gasteiger partial charge in [0, 0.05) is 0 Å². The molecular weight excluding hydrogens is 115 g/mol. The SMILES string of the molecule is O=C(O)C1C=C[B]CC1. The summed E-state index contributed by atoms with van der Waals surface area (Å²) < 4.78 is 0. The molecule has 1 unspecified atom stereocenters. The van der Waals surface area contributed by atoms with Gasteiger partial charge in [0.1, 0.15) is 7.28 Å². The molecule has 0 fully saturated rings. The van der Waals surface area contributed by atoms with Crippen LogP contribution in [0.3, 0.4) is 0 Å². The van der Waals surface area contributed by atoms with Gasteiger partial charge in [-0.1, -0.05) is 12.4 Å². The number of hydrogen-bond acceptors (Lipinski definition) is 1. The van der Waals surface area contributed by atoms with Gasteiger partial charge in [-0.3, -0.25) is 4.79 Å². The third kappa shape index (κ3) is 1.59. The molecule has 1 atom stereocenters. The van der Waals surface area contributed by atoms with Gasteiger partial charge >= 0.3 is 5.97 Å². The highest BCUT2D eigenvalue weighted by Crippen LogP contribution is 2.12. The Bertz CT molecular complexity index is 142. The van der Waals surface area contributed by atoms with Gasteiger partial charge in [0.25, 0.3) is 0 Å². The molecule has 0 spiro atoms. The lowest BCUT2D eigenvalue weighted by Gasteiger charge is -2.09. The van der Waals surface area contributed by atoms with E-state index in [1.165, 1.54) is 0 Å². The molecule has 0 saturated heterocycles. The Balaban J connectivity index is 2.50. The van der Waals surface area contributed by atoms with Crippen molar-refractivity contribution in [2.24, 2.45) is 5.92 Å². The fraction of sp³-hybridized carbons (Fsp3) is 0.500. The normalized spacial score (nSPS) is 25.1. The second kappa shape index (κ2) is 2.71. The molecule has 1 aliphatic rings. The molecule has 3 heteroatoms. The second-order valence-electron chi connectivity index (χ2n) is 2.14. The third-order valence-electron chi connectivity index (χ3n) is 1.44. The van der Waals surface area contributed by atoms with Crippen LogP contribution in [0.2, 0.25) is 6.32 Å². The van der Waals surface area contributed by atoms with Gasteiger partial charge in [0.2, 0.25) is 0 Å². The molecule has 0 bridgehead atoms. The van der Waals surface area contributed by atoms with E-state index in [1.54, 1.807) is 6.08 Å². The molecular formula is C6H8BO2. The summed E-state index contributed by atoms with van der Waals surface area (Å²) in [5, 5.41) is 8.47. The molecule has 0 aromatic carbocycles. The number of carboxylic acids is 1. The van der Waals surface area contributed by atoms with Gasteiger partial charge in [-0.15, -0.1) is 5.98 Å². The summed E-state index contributed by atoms with van der Waals surface area (Å²) in [6.45, 7) is 0. The van der Waals surface area contributed by atoms with Crippen molar-refractivity contribution in [1.82, 2.24) is 0 Å². The molecule has 0 aromatic rings. The van der Waals surface area contributed by atoms with Crippen LogP contribution in [0.5, 0.6) is 0 Å². The first-order valence-electron chi connectivity index (χ1n) is 3.03. The van der Waals surface area contributed by atoms with E-state index in [1.807, 2.05) is 13.3 Å². The number of aliphatic carboxylic acids is 1. The lowest BCUT2D eigenvalue weighted by Crippen LogP contribution is -2.14. The van der Waals surface area contributed by atoms with Crippen molar-refractivity contribution in [2.45, 2.75) is 12.7 Å². The van der Waals surface area contributed by atoms with Crippen molar-refractivity contribution in [3.05, 3.63) is 12.1 Å². The van der Waals surface area contributed by atoms with Crippen LogP contribution in [0.1, 0.15) is 6.42 Å². The zero-order chi connectivity index (χ0) is 6.69. The van der Waals surface area contributed by atoms with Crippen molar-refractivity contribution < 1.29 is 9.90 Å². The fourth-order valence-corrected chi connectivity index (χ4v) is 0.887. The maximum atomic E-state index is 10.3. The summed E-state index contributed by atoms with van der Waals surface area (Å²) in [4.78, 5) is 10.3. The molecule has 1 aliphatic heterocycles. The van der Waals surface area contributed by atoms with Gasteiger partial charge in [-0.05, 0) is 6.42 Å². The van der Waals surface area contributed by atoms with Gasteiger partial charge < -0.3 is 5.11 Å². The monoisotopic (exact) mass is 123 g/mol. The fourth-order valence-electron chi connectivity index (χ4n) is 0.887. The second-order valence-corrected chi connectivity index (χ2v) is 2.14. The topological polar surface area (TPSA) is 37.3 Å². The molecule has 0 saturated carbocycles. The number of carbonyl (C=O) groups is 1. The van der Waals surface area contributed by atoms with E-state index < -0.39 is 5.97 Å². The van der Waals surface area contributed by atoms with Gasteiger partial charge in [0.05, 0.1) is 5.92 Å². The minimum Gasteiger partial charge on any atom is -0.481 e. The van der Waals surface area contributed by atoms with Crippen molar-refractivity contribution >= 4 is 13.2 Å². The van der Waals surface area contributed by atoms with Crippen LogP contribution in [-0.2, 0) is 4.79 Å². The Hall–Kier alpha value is -0.725. The Morgan fingerprint density at radius 1 is 1.78 bits per heavy atom. The molecule has 47 valence electrons. The number of carboxylic acid groups (broad SMARTS) is 1. The summed E-state index contributed by atoms with van der Waals surface area (Å²) in [6.07, 6.45) is 3.38. The summed E-state index contributed by atoms with van der Waals surface area (Å²) in [5.74, 6) is 0.872. The summed E-state index contributed by atoms with van der Waals surface area (Å²) in [7, 11) is 1.99. The van der Waals surface area contributed by atoms with E-state index in [0.29, 0.717) is 0 Å². The minimum atomic E-state index is -0.709. The van der Waals surface area contributed by atoms with Crippen LogP contribution in [0.25, 0.3) is 0 Å². The van der Waals surface area contributed by atoms with Crippen LogP contribution in [0, 0.1) is 5.92 Å². The van der Waals surface area contributed by atoms with E-state index in [-0.39, 0.29) is 5.92 Å². The Labute approximate surface area is 54.8 Å². The Morgan fingerprint density at radius 3 is 2.89 bits per heavy atom. The maximum absolute atomic E-state index is 10.3. The van der Waals surface area contributed by atoms with Crippen LogP contribution < -0.4 is 0 Å². The first-order valence-corrected chi connectivity index (χ1v) is 3.03. The standard InChI is InChI=1S/C6H8BO2/c8-6(9)5-1-3-7-4-2-5/h1,3,5H,2,4H2,(H,8,9). The quantitative estimate of drug-likeness (QED) is 0.521. The highest BCUT2D eigenvalue weighted by Gasteiger charge is 2.14. The first kappa shape index (κ1) is 6.40. The summed E-state index contributed by atoms with van der Waals surface area (Å²) in [5.41, 5.74) is 0. The molecule has 1 heterocycles. The number of hydrogen-bond donors (Lipinski definition) is 1. The average molecular weight is 123 g/mol. The van der Waals surface area contributed by atoms with Crippen molar-refractivity contribution in [3.8, 4) is 0 Å². The maximum Gasteiger partial charge on any atom is 0.310 e. The smallest absolute Gasteiger partial charge is 0.310 e. The lowest BCUT2D eigenvalue weighted by molar-refractivity contribution is -0.140. The Kier molecular flexibility index (Phi) is 1.93. The van der Waals surface area contributed by atoms with Gasteiger partial charge in [-0.25, -0.2) is 0 Å². The van der Waals surface area contributed by atoms with E-state index in [9.17, 15) is 4.79 Å². The van der Waals surface area contributed by atoms with Crippen molar-refractivity contribution in [2.75, 3.05) is 0 Å². The van der Waals surface area contributed by atoms with Gasteiger partial charge in [0.15, 0.2) is 0 Å². The van der Waals surface area contributed by atoms with Crippen LogP contribution in [-0.4, -0.2) is 18.4 Å². The summed E-state index contributed by atoms with van der Waals surface area (Å²) >= 11 is 0. The van der Waals surface area contributed by atoms with E-state index in [2.05, 4.69) is 0 Å². The van der Waals surface area contributed by atoms with E-state index >= 15 is 0 Å². The molecule has 0 amide bonds. The van der Waals surface area contributed by atoms with Crippen LogP contribution in [0.15, 0.2) is 12.1 Å². The minimum absolute atomic E-state index is 0.241. The summed E-state index contributed by atoms with van der Waals surface area (Å²) in [6, 6.07) is 0. The van der Waals surface area contributed by atoms with Crippen molar-refractivity contribution in [1.29, 1.82) is 0 Å². The van der Waals surface area contributed by atoms with Crippen LogP contribution >= 0.6 is 0 Å². The highest BCUT2D eigenvalue weighted by atomic mass is 16.4. The van der Waals surface area contributed by atoms with E-state index in [0.717, 1.165) is 12.7 Å². The third-order valence-corrected chi connectivity index (χ3v) is 1.44. The zero-order valence-corrected chi connectivity index (χ0v) is 5.08. The lowest BCUT2D eigenvalue weighted by atomic mass is 9.67. The number of rotatable bonds is 1. The largest absolute Gasteiger partial charge is 0.481 e. The molecule has 1 rings (SSSR count). The van der Waals surface area contributed by atoms with Gasteiger partial charge in [-0.2, -0.15) is 0 Å². The average Bonchev–Trinajstić information content (AvgIpc) is 1.90. The Morgan fingerprint density at radius 2 is 2.56 bits per heavy atom. The molecule has 1 radical (unpaired) electrons. The predicted molar refractivity (Wildman–Crippen MR) is 35.4 cm³/mol. The zero-order valence-electron chi connectivity index (χ0n) is 5.08. The van der Waals surface area contributed by atoms with Crippen molar-refractivity contribution in [3.63, 3.8) is 0 Å². The molecule has 0 aromatic heterocycles. The molecule has 1 N–H and O–H groups in total. The van der Waals surface area contributed by atoms with Crippen LogP contribution in [0.4, 0.5) is 0 Å². The molecule has 2 nitrogen and oxygen atoms in total. The molecule has 0 aliphatic carbocycles. The first-order chi connectivity index (χ1) is 4.30. The predicted octanol–water partition coefficient (Wildman–Crippen LogP) is 0.727. The van der Waals surface area contributed by atoms with E-state index in [4.69, 9.17) is 5.11 Å².